The maximum absolute atomic E-state index is 10.9. The third-order valence-corrected chi connectivity index (χ3v) is 2.20. The molecule has 0 aromatic rings. The van der Waals surface area contributed by atoms with Crippen molar-refractivity contribution in [2.24, 2.45) is 5.73 Å². The molecule has 3 nitrogen and oxygen atoms in total. The zero-order valence-electron chi connectivity index (χ0n) is 7.05. The van der Waals surface area contributed by atoms with E-state index in [1.54, 1.807) is 0 Å². The summed E-state index contributed by atoms with van der Waals surface area (Å²) in [6.45, 7) is 4.17. The number of likely N-dealkylation sites (tertiary alicyclic amines) is 1. The second kappa shape index (κ2) is 3.72. The summed E-state index contributed by atoms with van der Waals surface area (Å²) >= 11 is 0. The molecule has 0 aliphatic carbocycles. The van der Waals surface area contributed by atoms with Gasteiger partial charge in [-0.05, 0) is 32.4 Å². The zero-order valence-corrected chi connectivity index (χ0v) is 7.05. The molecule has 1 aliphatic heterocycles. The number of hydrogen-bond acceptors (Lipinski definition) is 2. The average Bonchev–Trinajstić information content (AvgIpc) is 2.36. The molecule has 3 heteroatoms. The van der Waals surface area contributed by atoms with Gasteiger partial charge < -0.3 is 5.73 Å². The van der Waals surface area contributed by atoms with Gasteiger partial charge in [-0.25, -0.2) is 0 Å². The zero-order chi connectivity index (χ0) is 8.27. The minimum absolute atomic E-state index is 0.0231. The van der Waals surface area contributed by atoms with E-state index in [2.05, 4.69) is 11.8 Å². The molecule has 11 heavy (non-hydrogen) atoms. The highest BCUT2D eigenvalue weighted by Crippen LogP contribution is 2.16. The Bertz CT molecular complexity index is 147. The van der Waals surface area contributed by atoms with Gasteiger partial charge in [0.15, 0.2) is 0 Å². The molecule has 1 saturated heterocycles. The van der Waals surface area contributed by atoms with Crippen molar-refractivity contribution in [2.45, 2.75) is 32.2 Å². The molecule has 64 valence electrons. The molecule has 1 rings (SSSR count). The van der Waals surface area contributed by atoms with Crippen LogP contribution in [0.4, 0.5) is 0 Å². The van der Waals surface area contributed by atoms with Crippen LogP contribution in [0.1, 0.15) is 26.2 Å². The highest BCUT2D eigenvalue weighted by Gasteiger charge is 2.27. The van der Waals surface area contributed by atoms with Crippen LogP contribution in [-0.4, -0.2) is 29.9 Å². The number of nitrogens with zero attached hydrogens (tertiary/aromatic N) is 1. The van der Waals surface area contributed by atoms with Gasteiger partial charge in [-0.3, -0.25) is 9.69 Å². The van der Waals surface area contributed by atoms with Crippen LogP contribution < -0.4 is 5.73 Å². The highest BCUT2D eigenvalue weighted by atomic mass is 16.1. The van der Waals surface area contributed by atoms with Crippen molar-refractivity contribution in [3.8, 4) is 0 Å². The Morgan fingerprint density at radius 1 is 1.73 bits per heavy atom. The van der Waals surface area contributed by atoms with Gasteiger partial charge in [0.05, 0.1) is 6.04 Å². The number of amides is 1. The quantitative estimate of drug-likeness (QED) is 0.640. The monoisotopic (exact) mass is 156 g/mol. The van der Waals surface area contributed by atoms with Gasteiger partial charge in [0, 0.05) is 0 Å². The van der Waals surface area contributed by atoms with Crippen LogP contribution in [0, 0.1) is 0 Å². The summed E-state index contributed by atoms with van der Waals surface area (Å²) in [5.74, 6) is -0.157. The van der Waals surface area contributed by atoms with E-state index >= 15 is 0 Å². The SMILES string of the molecule is CCCN1CCC[C@@H]1C(N)=O. The molecule has 2 N–H and O–H groups in total. The lowest BCUT2D eigenvalue weighted by Gasteiger charge is -2.20. The molecule has 0 aromatic carbocycles. The van der Waals surface area contributed by atoms with E-state index in [1.165, 1.54) is 0 Å². The summed E-state index contributed by atoms with van der Waals surface area (Å²) in [6.07, 6.45) is 3.17. The van der Waals surface area contributed by atoms with Crippen molar-refractivity contribution in [3.63, 3.8) is 0 Å². The van der Waals surface area contributed by atoms with E-state index < -0.39 is 0 Å². The van der Waals surface area contributed by atoms with Gasteiger partial charge in [0.25, 0.3) is 0 Å². The van der Waals surface area contributed by atoms with Crippen molar-refractivity contribution in [3.05, 3.63) is 0 Å². The maximum Gasteiger partial charge on any atom is 0.234 e. The van der Waals surface area contributed by atoms with Gasteiger partial charge in [-0.15, -0.1) is 0 Å². The molecular weight excluding hydrogens is 140 g/mol. The molecule has 0 spiro atoms. The Hall–Kier alpha value is -0.570. The highest BCUT2D eigenvalue weighted by molar-refractivity contribution is 5.80. The Kier molecular flexibility index (Phi) is 2.88. The molecule has 0 unspecified atom stereocenters. The second-order valence-corrected chi connectivity index (χ2v) is 3.10. The molecule has 1 aliphatic rings. The first-order valence-corrected chi connectivity index (χ1v) is 4.29. The Labute approximate surface area is 67.5 Å². The molecule has 1 heterocycles. The van der Waals surface area contributed by atoms with Crippen LogP contribution in [0.15, 0.2) is 0 Å². The van der Waals surface area contributed by atoms with Crippen molar-refractivity contribution in [1.29, 1.82) is 0 Å². The lowest BCUT2D eigenvalue weighted by Crippen LogP contribution is -2.40. The lowest BCUT2D eigenvalue weighted by atomic mass is 10.2. The van der Waals surface area contributed by atoms with E-state index in [0.717, 1.165) is 32.4 Å². The van der Waals surface area contributed by atoms with Crippen molar-refractivity contribution in [2.75, 3.05) is 13.1 Å². The number of nitrogens with two attached hydrogens (primary N) is 1. The standard InChI is InChI=1S/C8H16N2O/c1-2-5-10-6-3-4-7(10)8(9)11/h7H,2-6H2,1H3,(H2,9,11)/t7-/m1/s1. The van der Waals surface area contributed by atoms with Crippen molar-refractivity contribution < 1.29 is 4.79 Å². The van der Waals surface area contributed by atoms with Crippen LogP contribution in [-0.2, 0) is 4.79 Å². The fourth-order valence-electron chi connectivity index (χ4n) is 1.70. The minimum Gasteiger partial charge on any atom is -0.368 e. The van der Waals surface area contributed by atoms with Crippen LogP contribution in [0.3, 0.4) is 0 Å². The molecule has 0 bridgehead atoms. The minimum atomic E-state index is -0.157. The topological polar surface area (TPSA) is 46.3 Å². The summed E-state index contributed by atoms with van der Waals surface area (Å²) < 4.78 is 0. The summed E-state index contributed by atoms with van der Waals surface area (Å²) in [5.41, 5.74) is 5.24. The number of rotatable bonds is 3. The van der Waals surface area contributed by atoms with Crippen LogP contribution in [0.2, 0.25) is 0 Å². The number of primary amides is 1. The van der Waals surface area contributed by atoms with Gasteiger partial charge in [0.1, 0.15) is 0 Å². The molecule has 0 radical (unpaired) electrons. The van der Waals surface area contributed by atoms with E-state index in [1.807, 2.05) is 0 Å². The van der Waals surface area contributed by atoms with Crippen LogP contribution in [0.5, 0.6) is 0 Å². The number of carbonyl (C=O) groups excluding carboxylic acids is 1. The molecule has 1 fully saturated rings. The molecule has 1 amide bonds. The molecule has 1 atom stereocenters. The fourth-order valence-corrected chi connectivity index (χ4v) is 1.70. The van der Waals surface area contributed by atoms with E-state index in [9.17, 15) is 4.79 Å². The first kappa shape index (κ1) is 8.53. The molecule has 0 saturated carbocycles. The summed E-state index contributed by atoms with van der Waals surface area (Å²) in [6, 6.07) is 0.0231. The predicted molar refractivity (Wildman–Crippen MR) is 44.1 cm³/mol. The normalized spacial score (nSPS) is 25.7. The Morgan fingerprint density at radius 3 is 3.00 bits per heavy atom. The average molecular weight is 156 g/mol. The van der Waals surface area contributed by atoms with E-state index in [-0.39, 0.29) is 11.9 Å². The Balaban J connectivity index is 2.44. The summed E-state index contributed by atoms with van der Waals surface area (Å²) in [7, 11) is 0. The first-order chi connectivity index (χ1) is 5.25. The number of carbonyl (C=O) groups is 1. The third kappa shape index (κ3) is 1.93. The fraction of sp³-hybridized carbons (Fsp3) is 0.875. The van der Waals surface area contributed by atoms with Gasteiger partial charge in [0.2, 0.25) is 5.91 Å². The third-order valence-electron chi connectivity index (χ3n) is 2.20. The smallest absolute Gasteiger partial charge is 0.234 e. The van der Waals surface area contributed by atoms with Gasteiger partial charge in [-0.1, -0.05) is 6.92 Å². The second-order valence-electron chi connectivity index (χ2n) is 3.10. The number of hydrogen-bond donors (Lipinski definition) is 1. The lowest BCUT2D eigenvalue weighted by molar-refractivity contribution is -0.122. The summed E-state index contributed by atoms with van der Waals surface area (Å²) in [5, 5.41) is 0. The molecular formula is C8H16N2O. The Morgan fingerprint density at radius 2 is 2.45 bits per heavy atom. The molecule has 0 aromatic heterocycles. The maximum atomic E-state index is 10.9. The van der Waals surface area contributed by atoms with Gasteiger partial charge >= 0.3 is 0 Å². The van der Waals surface area contributed by atoms with E-state index in [4.69, 9.17) is 5.73 Å². The van der Waals surface area contributed by atoms with Crippen molar-refractivity contribution in [1.82, 2.24) is 4.90 Å². The van der Waals surface area contributed by atoms with Gasteiger partial charge in [-0.2, -0.15) is 0 Å². The van der Waals surface area contributed by atoms with E-state index in [0.29, 0.717) is 0 Å². The summed E-state index contributed by atoms with van der Waals surface area (Å²) in [4.78, 5) is 13.1. The van der Waals surface area contributed by atoms with Crippen LogP contribution in [0.25, 0.3) is 0 Å². The van der Waals surface area contributed by atoms with Crippen molar-refractivity contribution >= 4 is 5.91 Å². The first-order valence-electron chi connectivity index (χ1n) is 4.29. The largest absolute Gasteiger partial charge is 0.368 e. The predicted octanol–water partition coefficient (Wildman–Crippen LogP) is 0.346. The van der Waals surface area contributed by atoms with Crippen LogP contribution >= 0.6 is 0 Å².